The number of rotatable bonds is 0. The second kappa shape index (κ2) is 3.31. The predicted octanol–water partition coefficient (Wildman–Crippen LogP) is 2.57. The zero-order valence-electron chi connectivity index (χ0n) is 7.38. The predicted molar refractivity (Wildman–Crippen MR) is 54.0 cm³/mol. The van der Waals surface area contributed by atoms with Crippen molar-refractivity contribution < 1.29 is 9.84 Å². The molecule has 0 amide bonds. The molecule has 0 fully saturated rings. The Balaban J connectivity index is 2.60. The van der Waals surface area contributed by atoms with Gasteiger partial charge in [0, 0.05) is 16.5 Å². The van der Waals surface area contributed by atoms with Crippen LogP contribution in [0.15, 0.2) is 16.6 Å². The summed E-state index contributed by atoms with van der Waals surface area (Å²) < 4.78 is 6.45. The summed E-state index contributed by atoms with van der Waals surface area (Å²) >= 11 is 3.42. The van der Waals surface area contributed by atoms with Gasteiger partial charge in [-0.2, -0.15) is 0 Å². The molecule has 0 aliphatic carbocycles. The lowest BCUT2D eigenvalue weighted by molar-refractivity contribution is 0.114. The highest BCUT2D eigenvalue weighted by Crippen LogP contribution is 2.39. The van der Waals surface area contributed by atoms with Gasteiger partial charge in [0.2, 0.25) is 0 Å². The summed E-state index contributed by atoms with van der Waals surface area (Å²) in [7, 11) is 0. The molecule has 2 rings (SSSR count). The molecule has 1 unspecified atom stereocenters. The minimum absolute atomic E-state index is 0.391. The van der Waals surface area contributed by atoms with Crippen molar-refractivity contribution in [1.82, 2.24) is 0 Å². The van der Waals surface area contributed by atoms with Crippen molar-refractivity contribution in [3.63, 3.8) is 0 Å². The molecule has 70 valence electrons. The first-order chi connectivity index (χ1) is 6.20. The van der Waals surface area contributed by atoms with E-state index in [4.69, 9.17) is 4.74 Å². The molecule has 0 aromatic heterocycles. The smallest absolute Gasteiger partial charge is 0.129 e. The fraction of sp³-hybridized carbons (Fsp3) is 0.400. The standard InChI is InChI=1S/C10H11BrO2/c1-6-2-3-7(11)9-8(12)4-5-13-10(6)9/h2-3,8,12H,4-5H2,1H3. The summed E-state index contributed by atoms with van der Waals surface area (Å²) in [5.74, 6) is 0.841. The fourth-order valence-corrected chi connectivity index (χ4v) is 2.18. The Morgan fingerprint density at radius 2 is 2.31 bits per heavy atom. The Kier molecular flexibility index (Phi) is 2.30. The number of fused-ring (bicyclic) bond motifs is 1. The van der Waals surface area contributed by atoms with Crippen LogP contribution in [0.25, 0.3) is 0 Å². The van der Waals surface area contributed by atoms with Crippen LogP contribution in [0.1, 0.15) is 23.7 Å². The van der Waals surface area contributed by atoms with E-state index in [0.29, 0.717) is 13.0 Å². The molecule has 1 heterocycles. The van der Waals surface area contributed by atoms with Gasteiger partial charge in [0.15, 0.2) is 0 Å². The molecule has 3 heteroatoms. The first-order valence-electron chi connectivity index (χ1n) is 4.30. The highest BCUT2D eigenvalue weighted by molar-refractivity contribution is 9.10. The van der Waals surface area contributed by atoms with Crippen LogP contribution in [0, 0.1) is 6.92 Å². The Labute approximate surface area is 85.7 Å². The third-order valence-corrected chi connectivity index (χ3v) is 3.00. The molecular weight excluding hydrogens is 232 g/mol. The van der Waals surface area contributed by atoms with Gasteiger partial charge in [0.25, 0.3) is 0 Å². The quantitative estimate of drug-likeness (QED) is 0.758. The molecular formula is C10H11BrO2. The van der Waals surface area contributed by atoms with Crippen LogP contribution >= 0.6 is 15.9 Å². The molecule has 2 nitrogen and oxygen atoms in total. The lowest BCUT2D eigenvalue weighted by Gasteiger charge is -2.24. The van der Waals surface area contributed by atoms with Crippen LogP contribution in [-0.4, -0.2) is 11.7 Å². The average Bonchev–Trinajstić information content (AvgIpc) is 2.12. The van der Waals surface area contributed by atoms with E-state index in [9.17, 15) is 5.11 Å². The van der Waals surface area contributed by atoms with Gasteiger partial charge in [-0.15, -0.1) is 0 Å². The monoisotopic (exact) mass is 242 g/mol. The van der Waals surface area contributed by atoms with Crippen molar-refractivity contribution in [2.24, 2.45) is 0 Å². The molecule has 1 aromatic carbocycles. The van der Waals surface area contributed by atoms with E-state index in [1.807, 2.05) is 19.1 Å². The molecule has 0 spiro atoms. The third-order valence-electron chi connectivity index (χ3n) is 2.31. The molecule has 1 aliphatic heterocycles. The van der Waals surface area contributed by atoms with E-state index in [1.165, 1.54) is 0 Å². The second-order valence-electron chi connectivity index (χ2n) is 3.26. The maximum Gasteiger partial charge on any atom is 0.129 e. The summed E-state index contributed by atoms with van der Waals surface area (Å²) in [6.07, 6.45) is 0.285. The molecule has 13 heavy (non-hydrogen) atoms. The van der Waals surface area contributed by atoms with Gasteiger partial charge in [-0.25, -0.2) is 0 Å². The summed E-state index contributed by atoms with van der Waals surface area (Å²) in [6, 6.07) is 3.94. The van der Waals surface area contributed by atoms with E-state index in [1.54, 1.807) is 0 Å². The molecule has 1 atom stereocenters. The van der Waals surface area contributed by atoms with Crippen molar-refractivity contribution in [1.29, 1.82) is 0 Å². The minimum atomic E-state index is -0.391. The average molecular weight is 243 g/mol. The first kappa shape index (κ1) is 9.03. The number of ether oxygens (including phenoxy) is 1. The molecule has 1 aromatic rings. The SMILES string of the molecule is Cc1ccc(Br)c2c1OCCC2O. The highest BCUT2D eigenvalue weighted by atomic mass is 79.9. The molecule has 0 radical (unpaired) electrons. The molecule has 1 N–H and O–H groups in total. The number of hydrogen-bond acceptors (Lipinski definition) is 2. The zero-order chi connectivity index (χ0) is 9.42. The van der Waals surface area contributed by atoms with Gasteiger partial charge >= 0.3 is 0 Å². The van der Waals surface area contributed by atoms with Crippen molar-refractivity contribution in [3.8, 4) is 5.75 Å². The van der Waals surface area contributed by atoms with Gasteiger partial charge < -0.3 is 9.84 Å². The number of hydrogen-bond donors (Lipinski definition) is 1. The van der Waals surface area contributed by atoms with Crippen molar-refractivity contribution in [2.45, 2.75) is 19.4 Å². The largest absolute Gasteiger partial charge is 0.493 e. The van der Waals surface area contributed by atoms with E-state index in [-0.39, 0.29) is 0 Å². The summed E-state index contributed by atoms with van der Waals surface area (Å²) in [5.41, 5.74) is 1.98. The second-order valence-corrected chi connectivity index (χ2v) is 4.11. The van der Waals surface area contributed by atoms with Crippen LogP contribution < -0.4 is 4.74 Å². The van der Waals surface area contributed by atoms with E-state index in [0.717, 1.165) is 21.3 Å². The maximum atomic E-state index is 9.76. The van der Waals surface area contributed by atoms with Gasteiger partial charge in [0.1, 0.15) is 5.75 Å². The third kappa shape index (κ3) is 1.46. The Hall–Kier alpha value is -0.540. The van der Waals surface area contributed by atoms with Gasteiger partial charge in [-0.3, -0.25) is 0 Å². The molecule has 0 saturated heterocycles. The normalized spacial score (nSPS) is 20.7. The number of aliphatic hydroxyl groups is 1. The van der Waals surface area contributed by atoms with E-state index in [2.05, 4.69) is 15.9 Å². The number of aliphatic hydroxyl groups excluding tert-OH is 1. The van der Waals surface area contributed by atoms with E-state index >= 15 is 0 Å². The molecule has 1 aliphatic rings. The van der Waals surface area contributed by atoms with Crippen LogP contribution in [0.5, 0.6) is 5.75 Å². The maximum absolute atomic E-state index is 9.76. The fourth-order valence-electron chi connectivity index (χ4n) is 1.60. The highest BCUT2D eigenvalue weighted by Gasteiger charge is 2.23. The minimum Gasteiger partial charge on any atom is -0.493 e. The molecule has 0 bridgehead atoms. The van der Waals surface area contributed by atoms with Gasteiger partial charge in [-0.1, -0.05) is 22.0 Å². The Morgan fingerprint density at radius 1 is 1.54 bits per heavy atom. The lowest BCUT2D eigenvalue weighted by Crippen LogP contribution is -2.15. The topological polar surface area (TPSA) is 29.5 Å². The van der Waals surface area contributed by atoms with Crippen molar-refractivity contribution in [2.75, 3.05) is 6.61 Å². The Bertz CT molecular complexity index is 336. The van der Waals surface area contributed by atoms with E-state index < -0.39 is 6.10 Å². The number of halogens is 1. The summed E-state index contributed by atoms with van der Waals surface area (Å²) in [4.78, 5) is 0. The molecule has 0 saturated carbocycles. The van der Waals surface area contributed by atoms with Gasteiger partial charge in [-0.05, 0) is 18.6 Å². The zero-order valence-corrected chi connectivity index (χ0v) is 8.97. The van der Waals surface area contributed by atoms with Crippen molar-refractivity contribution in [3.05, 3.63) is 27.7 Å². The lowest BCUT2D eigenvalue weighted by atomic mass is 10.0. The van der Waals surface area contributed by atoms with Gasteiger partial charge in [0.05, 0.1) is 12.7 Å². The van der Waals surface area contributed by atoms with Crippen LogP contribution in [0.3, 0.4) is 0 Å². The summed E-state index contributed by atoms with van der Waals surface area (Å²) in [6.45, 7) is 2.59. The van der Waals surface area contributed by atoms with Crippen molar-refractivity contribution >= 4 is 15.9 Å². The number of aryl methyl sites for hydroxylation is 1. The Morgan fingerprint density at radius 3 is 3.00 bits per heavy atom. The van der Waals surface area contributed by atoms with Crippen LogP contribution in [0.2, 0.25) is 0 Å². The first-order valence-corrected chi connectivity index (χ1v) is 5.09. The summed E-state index contributed by atoms with van der Waals surface area (Å²) in [5, 5.41) is 9.76. The van der Waals surface area contributed by atoms with Crippen LogP contribution in [-0.2, 0) is 0 Å². The van der Waals surface area contributed by atoms with Crippen LogP contribution in [0.4, 0.5) is 0 Å². The number of benzene rings is 1.